The Labute approximate surface area is 98.8 Å². The van der Waals surface area contributed by atoms with Crippen molar-refractivity contribution in [3.63, 3.8) is 0 Å². The predicted molar refractivity (Wildman–Crippen MR) is 64.0 cm³/mol. The van der Waals surface area contributed by atoms with E-state index in [2.05, 4.69) is 0 Å². The SMILES string of the molecule is CCOCCN(CCOCC)S(=O)(=O)CC. The van der Waals surface area contributed by atoms with Gasteiger partial charge in [-0.05, 0) is 20.8 Å². The van der Waals surface area contributed by atoms with E-state index in [1.54, 1.807) is 6.92 Å². The van der Waals surface area contributed by atoms with Gasteiger partial charge < -0.3 is 9.47 Å². The van der Waals surface area contributed by atoms with Crippen molar-refractivity contribution in [2.45, 2.75) is 20.8 Å². The molecule has 6 heteroatoms. The Hall–Kier alpha value is -0.170. The van der Waals surface area contributed by atoms with Crippen LogP contribution in [0.3, 0.4) is 0 Å². The van der Waals surface area contributed by atoms with Crippen molar-refractivity contribution in [3.05, 3.63) is 0 Å². The van der Waals surface area contributed by atoms with E-state index in [-0.39, 0.29) is 5.75 Å². The molecule has 0 aromatic rings. The van der Waals surface area contributed by atoms with Crippen molar-refractivity contribution >= 4 is 10.0 Å². The molecule has 0 aliphatic rings. The first-order valence-electron chi connectivity index (χ1n) is 5.71. The molecule has 0 saturated carbocycles. The van der Waals surface area contributed by atoms with Gasteiger partial charge >= 0.3 is 0 Å². The molecule has 5 nitrogen and oxygen atoms in total. The van der Waals surface area contributed by atoms with Gasteiger partial charge in [0.15, 0.2) is 0 Å². The van der Waals surface area contributed by atoms with E-state index >= 15 is 0 Å². The maximum Gasteiger partial charge on any atom is 0.213 e. The van der Waals surface area contributed by atoms with Gasteiger partial charge in [-0.25, -0.2) is 8.42 Å². The van der Waals surface area contributed by atoms with Gasteiger partial charge in [-0.3, -0.25) is 0 Å². The average Bonchev–Trinajstić information content (AvgIpc) is 2.27. The summed E-state index contributed by atoms with van der Waals surface area (Å²) in [6, 6.07) is 0. The van der Waals surface area contributed by atoms with Crippen LogP contribution in [0.5, 0.6) is 0 Å². The Morgan fingerprint density at radius 2 is 1.38 bits per heavy atom. The molecule has 0 atom stereocenters. The standard InChI is InChI=1S/C10H23NO4S/c1-4-14-9-7-11(8-10-15-5-2)16(12,13)6-3/h4-10H2,1-3H3. The second kappa shape index (κ2) is 8.92. The monoisotopic (exact) mass is 253 g/mol. The molecule has 0 radical (unpaired) electrons. The number of hydrogen-bond donors (Lipinski definition) is 0. The van der Waals surface area contributed by atoms with E-state index in [0.717, 1.165) is 0 Å². The smallest absolute Gasteiger partial charge is 0.213 e. The van der Waals surface area contributed by atoms with Crippen molar-refractivity contribution in [2.24, 2.45) is 0 Å². The molecule has 16 heavy (non-hydrogen) atoms. The molecule has 98 valence electrons. The van der Waals surface area contributed by atoms with Crippen LogP contribution in [0.1, 0.15) is 20.8 Å². The van der Waals surface area contributed by atoms with Crippen molar-refractivity contribution in [1.82, 2.24) is 4.31 Å². The Kier molecular flexibility index (Phi) is 8.83. The highest BCUT2D eigenvalue weighted by molar-refractivity contribution is 7.89. The van der Waals surface area contributed by atoms with Gasteiger partial charge in [0.2, 0.25) is 10.0 Å². The van der Waals surface area contributed by atoms with Crippen molar-refractivity contribution in [2.75, 3.05) is 45.3 Å². The molecule has 0 aliphatic heterocycles. The number of nitrogens with zero attached hydrogens (tertiary/aromatic N) is 1. The molecule has 0 bridgehead atoms. The lowest BCUT2D eigenvalue weighted by atomic mass is 10.6. The van der Waals surface area contributed by atoms with E-state index in [4.69, 9.17) is 9.47 Å². The van der Waals surface area contributed by atoms with Crippen LogP contribution in [0.4, 0.5) is 0 Å². The van der Waals surface area contributed by atoms with E-state index in [1.807, 2.05) is 13.8 Å². The Bertz CT molecular complexity index is 244. The zero-order chi connectivity index (χ0) is 12.4. The van der Waals surface area contributed by atoms with E-state index < -0.39 is 10.0 Å². The molecule has 0 spiro atoms. The highest BCUT2D eigenvalue weighted by Crippen LogP contribution is 2.01. The first-order chi connectivity index (χ1) is 7.58. The Morgan fingerprint density at radius 1 is 0.938 bits per heavy atom. The summed E-state index contributed by atoms with van der Waals surface area (Å²) in [5.41, 5.74) is 0. The van der Waals surface area contributed by atoms with Crippen LogP contribution in [-0.2, 0) is 19.5 Å². The molecule has 0 rings (SSSR count). The quantitative estimate of drug-likeness (QED) is 0.538. The molecule has 0 aliphatic carbocycles. The molecular formula is C10H23NO4S. The van der Waals surface area contributed by atoms with Gasteiger partial charge in [-0.15, -0.1) is 0 Å². The summed E-state index contributed by atoms with van der Waals surface area (Å²) in [5.74, 6) is 0.116. The highest BCUT2D eigenvalue weighted by atomic mass is 32.2. The van der Waals surface area contributed by atoms with E-state index in [0.29, 0.717) is 39.5 Å². The fourth-order valence-corrected chi connectivity index (χ4v) is 2.26. The third-order valence-corrected chi connectivity index (χ3v) is 4.02. The van der Waals surface area contributed by atoms with Gasteiger partial charge in [-0.2, -0.15) is 4.31 Å². The first kappa shape index (κ1) is 15.8. The Morgan fingerprint density at radius 3 is 1.69 bits per heavy atom. The molecule has 0 fully saturated rings. The lowest BCUT2D eigenvalue weighted by Crippen LogP contribution is -2.37. The summed E-state index contributed by atoms with van der Waals surface area (Å²) in [4.78, 5) is 0. The maximum absolute atomic E-state index is 11.7. The summed E-state index contributed by atoms with van der Waals surface area (Å²) < 4.78 is 35.2. The zero-order valence-corrected chi connectivity index (χ0v) is 11.3. The van der Waals surface area contributed by atoms with E-state index in [9.17, 15) is 8.42 Å². The van der Waals surface area contributed by atoms with Gasteiger partial charge in [0.25, 0.3) is 0 Å². The normalized spacial score (nSPS) is 12.2. The maximum atomic E-state index is 11.7. The fraction of sp³-hybridized carbons (Fsp3) is 1.00. The molecule has 0 aromatic heterocycles. The van der Waals surface area contributed by atoms with Crippen molar-refractivity contribution in [3.8, 4) is 0 Å². The molecule has 0 amide bonds. The lowest BCUT2D eigenvalue weighted by Gasteiger charge is -2.21. The molecule has 0 N–H and O–H groups in total. The van der Waals surface area contributed by atoms with Crippen LogP contribution in [0.25, 0.3) is 0 Å². The van der Waals surface area contributed by atoms with Gasteiger partial charge in [-0.1, -0.05) is 0 Å². The van der Waals surface area contributed by atoms with E-state index in [1.165, 1.54) is 4.31 Å². The minimum absolute atomic E-state index is 0.116. The summed E-state index contributed by atoms with van der Waals surface area (Å²) in [5, 5.41) is 0. The Balaban J connectivity index is 4.16. The van der Waals surface area contributed by atoms with Crippen molar-refractivity contribution in [1.29, 1.82) is 0 Å². The van der Waals surface area contributed by atoms with Crippen LogP contribution in [-0.4, -0.2) is 58.0 Å². The second-order valence-corrected chi connectivity index (χ2v) is 5.45. The van der Waals surface area contributed by atoms with Crippen LogP contribution < -0.4 is 0 Å². The third-order valence-electron chi connectivity index (χ3n) is 2.14. The summed E-state index contributed by atoms with van der Waals surface area (Å²) >= 11 is 0. The second-order valence-electron chi connectivity index (χ2n) is 3.19. The van der Waals surface area contributed by atoms with Gasteiger partial charge in [0.05, 0.1) is 19.0 Å². The molecule has 0 unspecified atom stereocenters. The summed E-state index contributed by atoms with van der Waals surface area (Å²) in [6.07, 6.45) is 0. The minimum Gasteiger partial charge on any atom is -0.380 e. The largest absolute Gasteiger partial charge is 0.380 e. The molecule has 0 aromatic carbocycles. The lowest BCUT2D eigenvalue weighted by molar-refractivity contribution is 0.110. The fourth-order valence-electron chi connectivity index (χ4n) is 1.19. The van der Waals surface area contributed by atoms with Crippen LogP contribution in [0.2, 0.25) is 0 Å². The number of ether oxygens (including phenoxy) is 2. The van der Waals surface area contributed by atoms with Crippen molar-refractivity contribution < 1.29 is 17.9 Å². The highest BCUT2D eigenvalue weighted by Gasteiger charge is 2.18. The summed E-state index contributed by atoms with van der Waals surface area (Å²) in [7, 11) is -3.15. The number of sulfonamides is 1. The third kappa shape index (κ3) is 6.42. The minimum atomic E-state index is -3.15. The van der Waals surface area contributed by atoms with Crippen LogP contribution in [0.15, 0.2) is 0 Å². The number of rotatable bonds is 10. The average molecular weight is 253 g/mol. The zero-order valence-electron chi connectivity index (χ0n) is 10.4. The first-order valence-corrected chi connectivity index (χ1v) is 7.32. The van der Waals surface area contributed by atoms with Gasteiger partial charge in [0.1, 0.15) is 0 Å². The predicted octanol–water partition coefficient (Wildman–Crippen LogP) is 0.711. The van der Waals surface area contributed by atoms with Crippen LogP contribution in [0, 0.1) is 0 Å². The molecule has 0 heterocycles. The topological polar surface area (TPSA) is 55.8 Å². The number of hydrogen-bond acceptors (Lipinski definition) is 4. The van der Waals surface area contributed by atoms with Crippen LogP contribution >= 0.6 is 0 Å². The molecular weight excluding hydrogens is 230 g/mol. The molecule has 0 saturated heterocycles. The van der Waals surface area contributed by atoms with Gasteiger partial charge in [0, 0.05) is 26.3 Å². The summed E-state index contributed by atoms with van der Waals surface area (Å²) in [6.45, 7) is 8.29.